The van der Waals surface area contributed by atoms with Gasteiger partial charge in [-0.05, 0) is 62.4 Å². The average Bonchev–Trinajstić information content (AvgIpc) is 3.49. The van der Waals surface area contributed by atoms with Gasteiger partial charge in [-0.1, -0.05) is 56.6 Å². The number of rotatable bonds is 11. The maximum atomic E-state index is 12.5. The number of fused-ring (bicyclic) bond motifs is 1. The molecule has 0 bridgehead atoms. The Balaban J connectivity index is 1.71. The first-order chi connectivity index (χ1) is 18.2. The second kappa shape index (κ2) is 12.0. The first kappa shape index (κ1) is 27.7. The minimum atomic E-state index is -0.243. The molecular formula is C30H36ClN3O4. The SMILES string of the molecule is CCCOC(=O)C(C)Cc1cn(CC(C)C)c2c(-c3noc(-c4ccc(OC(C)C)c(Cl)c4)n3)cccc12. The molecule has 1 atom stereocenters. The fourth-order valence-electron chi connectivity index (χ4n) is 4.51. The molecule has 7 nitrogen and oxygen atoms in total. The first-order valence-corrected chi connectivity index (χ1v) is 13.6. The van der Waals surface area contributed by atoms with Gasteiger partial charge in [0, 0.05) is 29.3 Å². The molecule has 0 amide bonds. The second-order valence-corrected chi connectivity index (χ2v) is 10.8. The number of benzene rings is 2. The second-order valence-electron chi connectivity index (χ2n) is 10.4. The van der Waals surface area contributed by atoms with Crippen molar-refractivity contribution in [1.82, 2.24) is 14.7 Å². The van der Waals surface area contributed by atoms with Crippen LogP contribution in [0.2, 0.25) is 5.02 Å². The molecule has 0 radical (unpaired) electrons. The minimum Gasteiger partial charge on any atom is -0.489 e. The Kier molecular flexibility index (Phi) is 8.77. The van der Waals surface area contributed by atoms with E-state index in [1.807, 2.05) is 52.0 Å². The number of hydrogen-bond acceptors (Lipinski definition) is 6. The average molecular weight is 538 g/mol. The zero-order valence-corrected chi connectivity index (χ0v) is 23.7. The molecule has 8 heteroatoms. The molecule has 202 valence electrons. The lowest BCUT2D eigenvalue weighted by Gasteiger charge is -2.11. The minimum absolute atomic E-state index is 0.0193. The molecular weight excluding hydrogens is 502 g/mol. The smallest absolute Gasteiger partial charge is 0.308 e. The van der Waals surface area contributed by atoms with E-state index in [9.17, 15) is 4.79 Å². The van der Waals surface area contributed by atoms with E-state index in [1.165, 1.54) is 0 Å². The molecule has 2 heterocycles. The number of para-hydroxylation sites is 1. The Morgan fingerprint density at radius 3 is 2.61 bits per heavy atom. The summed E-state index contributed by atoms with van der Waals surface area (Å²) in [5.74, 6) is 1.50. The summed E-state index contributed by atoms with van der Waals surface area (Å²) in [6.07, 6.45) is 3.57. The lowest BCUT2D eigenvalue weighted by Crippen LogP contribution is -2.17. The van der Waals surface area contributed by atoms with Gasteiger partial charge in [-0.3, -0.25) is 4.79 Å². The highest BCUT2D eigenvalue weighted by Gasteiger charge is 2.22. The van der Waals surface area contributed by atoms with Crippen LogP contribution in [0.3, 0.4) is 0 Å². The fourth-order valence-corrected chi connectivity index (χ4v) is 4.73. The third kappa shape index (κ3) is 6.21. The third-order valence-electron chi connectivity index (χ3n) is 6.13. The summed E-state index contributed by atoms with van der Waals surface area (Å²) in [4.78, 5) is 17.2. The van der Waals surface area contributed by atoms with Gasteiger partial charge in [-0.25, -0.2) is 0 Å². The van der Waals surface area contributed by atoms with Gasteiger partial charge in [0.1, 0.15) is 5.75 Å². The highest BCUT2D eigenvalue weighted by atomic mass is 35.5. The van der Waals surface area contributed by atoms with Crippen LogP contribution >= 0.6 is 11.6 Å². The van der Waals surface area contributed by atoms with Gasteiger partial charge in [-0.2, -0.15) is 4.98 Å². The van der Waals surface area contributed by atoms with E-state index in [2.05, 4.69) is 35.8 Å². The van der Waals surface area contributed by atoms with Crippen molar-refractivity contribution in [2.45, 2.75) is 67.0 Å². The number of halogens is 1. The molecule has 0 aliphatic rings. The summed E-state index contributed by atoms with van der Waals surface area (Å²) < 4.78 is 19.0. The maximum absolute atomic E-state index is 12.5. The molecule has 0 saturated heterocycles. The van der Waals surface area contributed by atoms with E-state index < -0.39 is 0 Å². The Bertz CT molecular complexity index is 1410. The fraction of sp³-hybridized carbons (Fsp3) is 0.433. The normalized spacial score (nSPS) is 12.4. The van der Waals surface area contributed by atoms with Crippen molar-refractivity contribution in [2.24, 2.45) is 11.8 Å². The lowest BCUT2D eigenvalue weighted by molar-refractivity contribution is -0.147. The molecule has 1 unspecified atom stereocenters. The van der Waals surface area contributed by atoms with Crippen molar-refractivity contribution in [3.8, 4) is 28.6 Å². The summed E-state index contributed by atoms with van der Waals surface area (Å²) in [5.41, 5.74) is 3.71. The molecule has 0 saturated carbocycles. The Labute approximate surface area is 229 Å². The van der Waals surface area contributed by atoms with Crippen molar-refractivity contribution in [3.63, 3.8) is 0 Å². The van der Waals surface area contributed by atoms with Crippen molar-refractivity contribution in [2.75, 3.05) is 6.61 Å². The van der Waals surface area contributed by atoms with E-state index in [0.717, 1.165) is 40.6 Å². The Hall–Kier alpha value is -3.32. The summed E-state index contributed by atoms with van der Waals surface area (Å²) in [6.45, 7) is 13.4. The molecule has 0 aliphatic carbocycles. The molecule has 38 heavy (non-hydrogen) atoms. The zero-order valence-electron chi connectivity index (χ0n) is 23.0. The number of aromatic nitrogens is 3. The molecule has 0 fully saturated rings. The number of nitrogens with zero attached hydrogens (tertiary/aromatic N) is 3. The van der Waals surface area contributed by atoms with Crippen LogP contribution in [-0.2, 0) is 22.5 Å². The molecule has 0 aliphatic heterocycles. The lowest BCUT2D eigenvalue weighted by atomic mass is 9.99. The predicted molar refractivity (Wildman–Crippen MR) is 150 cm³/mol. The van der Waals surface area contributed by atoms with E-state index in [-0.39, 0.29) is 18.0 Å². The van der Waals surface area contributed by atoms with Gasteiger partial charge >= 0.3 is 5.97 Å². The third-order valence-corrected chi connectivity index (χ3v) is 6.42. The van der Waals surface area contributed by atoms with Crippen LogP contribution < -0.4 is 4.74 Å². The van der Waals surface area contributed by atoms with Crippen LogP contribution in [0.1, 0.15) is 53.5 Å². The standard InChI is InChI=1S/C30H36ClN3O4/c1-7-13-36-30(35)20(6)14-22-17-34(16-18(2)3)27-23(22)9-8-10-24(27)28-32-29(38-33-28)21-11-12-26(25(31)15-21)37-19(4)5/h8-12,15,17-20H,7,13-14,16H2,1-6H3. The largest absolute Gasteiger partial charge is 0.489 e. The van der Waals surface area contributed by atoms with Crippen LogP contribution in [-0.4, -0.2) is 33.4 Å². The topological polar surface area (TPSA) is 79.4 Å². The van der Waals surface area contributed by atoms with Gasteiger partial charge in [-0.15, -0.1) is 0 Å². The van der Waals surface area contributed by atoms with E-state index in [4.69, 9.17) is 30.6 Å². The molecule has 2 aromatic heterocycles. The van der Waals surface area contributed by atoms with Crippen LogP contribution in [0.4, 0.5) is 0 Å². The highest BCUT2D eigenvalue weighted by Crippen LogP contribution is 2.35. The molecule has 4 aromatic rings. The quantitative estimate of drug-likeness (QED) is 0.183. The summed E-state index contributed by atoms with van der Waals surface area (Å²) in [7, 11) is 0. The molecule has 4 rings (SSSR count). The number of carbonyl (C=O) groups excluding carboxylic acids is 1. The number of carbonyl (C=O) groups is 1. The number of ether oxygens (including phenoxy) is 2. The Morgan fingerprint density at radius 2 is 1.92 bits per heavy atom. The van der Waals surface area contributed by atoms with Gasteiger partial charge < -0.3 is 18.6 Å². The summed E-state index contributed by atoms with van der Waals surface area (Å²) in [5, 5.41) is 5.88. The van der Waals surface area contributed by atoms with Crippen LogP contribution in [0, 0.1) is 11.8 Å². The van der Waals surface area contributed by atoms with Crippen molar-refractivity contribution >= 4 is 28.5 Å². The summed E-state index contributed by atoms with van der Waals surface area (Å²) >= 11 is 6.44. The van der Waals surface area contributed by atoms with Crippen molar-refractivity contribution in [3.05, 3.63) is 53.2 Å². The van der Waals surface area contributed by atoms with Gasteiger partial charge in [0.05, 0.1) is 29.2 Å². The van der Waals surface area contributed by atoms with E-state index in [1.54, 1.807) is 6.07 Å². The maximum Gasteiger partial charge on any atom is 0.308 e. The summed E-state index contributed by atoms with van der Waals surface area (Å²) in [6, 6.07) is 11.5. The van der Waals surface area contributed by atoms with E-state index in [0.29, 0.717) is 41.4 Å². The number of esters is 1. The molecule has 0 N–H and O–H groups in total. The van der Waals surface area contributed by atoms with E-state index >= 15 is 0 Å². The van der Waals surface area contributed by atoms with Crippen LogP contribution in [0.25, 0.3) is 33.7 Å². The zero-order chi connectivity index (χ0) is 27.4. The highest BCUT2D eigenvalue weighted by molar-refractivity contribution is 6.32. The van der Waals surface area contributed by atoms with Crippen LogP contribution in [0.5, 0.6) is 5.75 Å². The first-order valence-electron chi connectivity index (χ1n) is 13.3. The Morgan fingerprint density at radius 1 is 1.13 bits per heavy atom. The monoisotopic (exact) mass is 537 g/mol. The molecule has 0 spiro atoms. The predicted octanol–water partition coefficient (Wildman–Crippen LogP) is 7.59. The van der Waals surface area contributed by atoms with Gasteiger partial charge in [0.15, 0.2) is 0 Å². The number of hydrogen-bond donors (Lipinski definition) is 0. The van der Waals surface area contributed by atoms with Gasteiger partial charge in [0.25, 0.3) is 5.89 Å². The van der Waals surface area contributed by atoms with Crippen molar-refractivity contribution < 1.29 is 18.8 Å². The van der Waals surface area contributed by atoms with Gasteiger partial charge in [0.2, 0.25) is 5.82 Å². The molecule has 2 aromatic carbocycles. The van der Waals surface area contributed by atoms with Crippen molar-refractivity contribution in [1.29, 1.82) is 0 Å². The van der Waals surface area contributed by atoms with Crippen LogP contribution in [0.15, 0.2) is 47.1 Å².